The van der Waals surface area contributed by atoms with E-state index in [4.69, 9.17) is 0 Å². The molecule has 114 valence electrons. The third-order valence-electron chi connectivity index (χ3n) is 3.45. The Morgan fingerprint density at radius 1 is 0.955 bits per heavy atom. The molecule has 0 aromatic heterocycles. The van der Waals surface area contributed by atoms with Gasteiger partial charge in [0.05, 0.1) is 11.3 Å². The molecule has 0 aliphatic heterocycles. The predicted molar refractivity (Wildman–Crippen MR) is 88.1 cm³/mol. The molecule has 2 aromatic rings. The molecule has 0 saturated carbocycles. The highest BCUT2D eigenvalue weighted by molar-refractivity contribution is 6.09. The van der Waals surface area contributed by atoms with Crippen LogP contribution >= 0.6 is 0 Å². The van der Waals surface area contributed by atoms with Gasteiger partial charge in [0.1, 0.15) is 0 Å². The zero-order valence-electron chi connectivity index (χ0n) is 12.8. The van der Waals surface area contributed by atoms with Crippen LogP contribution in [0.1, 0.15) is 41.0 Å². The van der Waals surface area contributed by atoms with Crippen molar-refractivity contribution >= 4 is 17.5 Å². The lowest BCUT2D eigenvalue weighted by atomic mass is 10.1. The summed E-state index contributed by atoms with van der Waals surface area (Å²) in [4.78, 5) is 24.5. The second-order valence-electron chi connectivity index (χ2n) is 5.15. The molecule has 2 rings (SSSR count). The summed E-state index contributed by atoms with van der Waals surface area (Å²) in [6.07, 6.45) is 0.851. The van der Waals surface area contributed by atoms with Gasteiger partial charge in [-0.25, -0.2) is 0 Å². The summed E-state index contributed by atoms with van der Waals surface area (Å²) < 4.78 is 0. The maximum Gasteiger partial charge on any atom is 0.255 e. The van der Waals surface area contributed by atoms with Crippen molar-refractivity contribution < 1.29 is 9.59 Å². The SMILES string of the molecule is CC[C@@H](C)NC(=O)c1ccccc1NC(=O)c1ccccc1. The normalized spacial score (nSPS) is 11.5. The van der Waals surface area contributed by atoms with Crippen LogP contribution in [0.15, 0.2) is 54.6 Å². The molecule has 2 amide bonds. The highest BCUT2D eigenvalue weighted by Crippen LogP contribution is 2.16. The maximum absolute atomic E-state index is 12.3. The number of hydrogen-bond donors (Lipinski definition) is 2. The maximum atomic E-state index is 12.3. The van der Waals surface area contributed by atoms with Gasteiger partial charge in [-0.05, 0) is 37.6 Å². The molecule has 0 bridgehead atoms. The van der Waals surface area contributed by atoms with Gasteiger partial charge in [-0.15, -0.1) is 0 Å². The topological polar surface area (TPSA) is 58.2 Å². The summed E-state index contributed by atoms with van der Waals surface area (Å²) in [5.41, 5.74) is 1.53. The van der Waals surface area contributed by atoms with Crippen LogP contribution in [0.5, 0.6) is 0 Å². The van der Waals surface area contributed by atoms with Crippen LogP contribution in [0.3, 0.4) is 0 Å². The van der Waals surface area contributed by atoms with Gasteiger partial charge in [0.15, 0.2) is 0 Å². The van der Waals surface area contributed by atoms with Crippen molar-refractivity contribution in [2.75, 3.05) is 5.32 Å². The van der Waals surface area contributed by atoms with Crippen molar-refractivity contribution in [1.29, 1.82) is 0 Å². The lowest BCUT2D eigenvalue weighted by Gasteiger charge is -2.14. The summed E-state index contributed by atoms with van der Waals surface area (Å²) >= 11 is 0. The smallest absolute Gasteiger partial charge is 0.255 e. The van der Waals surface area contributed by atoms with Gasteiger partial charge < -0.3 is 10.6 Å². The Kier molecular flexibility index (Phi) is 5.31. The number of hydrogen-bond acceptors (Lipinski definition) is 2. The third-order valence-corrected chi connectivity index (χ3v) is 3.45. The first kappa shape index (κ1) is 15.8. The Morgan fingerprint density at radius 3 is 2.27 bits per heavy atom. The number of rotatable bonds is 5. The van der Waals surface area contributed by atoms with Gasteiger partial charge in [0.25, 0.3) is 11.8 Å². The molecule has 0 heterocycles. The molecule has 22 heavy (non-hydrogen) atoms. The first-order valence-electron chi connectivity index (χ1n) is 7.38. The van der Waals surface area contributed by atoms with Crippen LogP contribution < -0.4 is 10.6 Å². The van der Waals surface area contributed by atoms with Gasteiger partial charge in [-0.3, -0.25) is 9.59 Å². The molecule has 2 N–H and O–H groups in total. The second kappa shape index (κ2) is 7.41. The molecule has 0 saturated heterocycles. The number of nitrogens with one attached hydrogen (secondary N) is 2. The molecule has 4 nitrogen and oxygen atoms in total. The van der Waals surface area contributed by atoms with Crippen molar-refractivity contribution in [2.45, 2.75) is 26.3 Å². The average Bonchev–Trinajstić information content (AvgIpc) is 2.55. The molecular weight excluding hydrogens is 276 g/mol. The van der Waals surface area contributed by atoms with Gasteiger partial charge in [-0.2, -0.15) is 0 Å². The van der Waals surface area contributed by atoms with Crippen LogP contribution in [-0.4, -0.2) is 17.9 Å². The Morgan fingerprint density at radius 2 is 1.59 bits per heavy atom. The molecule has 1 atom stereocenters. The van der Waals surface area contributed by atoms with E-state index in [2.05, 4.69) is 10.6 Å². The fourth-order valence-corrected chi connectivity index (χ4v) is 1.98. The largest absolute Gasteiger partial charge is 0.350 e. The van der Waals surface area contributed by atoms with Crippen LogP contribution in [0.25, 0.3) is 0 Å². The van der Waals surface area contributed by atoms with Crippen molar-refractivity contribution in [2.24, 2.45) is 0 Å². The predicted octanol–water partition coefficient (Wildman–Crippen LogP) is 3.47. The van der Waals surface area contributed by atoms with Crippen molar-refractivity contribution in [3.05, 3.63) is 65.7 Å². The van der Waals surface area contributed by atoms with E-state index in [1.54, 1.807) is 48.5 Å². The molecule has 0 spiro atoms. The standard InChI is InChI=1S/C18H20N2O2/c1-3-13(2)19-18(22)15-11-7-8-12-16(15)20-17(21)14-9-5-4-6-10-14/h4-13H,3H2,1-2H3,(H,19,22)(H,20,21)/t13-/m1/s1. The van der Waals surface area contributed by atoms with E-state index in [9.17, 15) is 9.59 Å². The highest BCUT2D eigenvalue weighted by Gasteiger charge is 2.15. The summed E-state index contributed by atoms with van der Waals surface area (Å²) in [6, 6.07) is 16.0. The number of benzene rings is 2. The lowest BCUT2D eigenvalue weighted by Crippen LogP contribution is -2.32. The monoisotopic (exact) mass is 296 g/mol. The minimum Gasteiger partial charge on any atom is -0.350 e. The van der Waals surface area contributed by atoms with E-state index in [0.29, 0.717) is 16.8 Å². The minimum absolute atomic E-state index is 0.0883. The van der Waals surface area contributed by atoms with Crippen molar-refractivity contribution in [1.82, 2.24) is 5.32 Å². The third kappa shape index (κ3) is 3.95. The van der Waals surface area contributed by atoms with Gasteiger partial charge in [0.2, 0.25) is 0 Å². The number of carbonyl (C=O) groups is 2. The minimum atomic E-state index is -0.232. The zero-order chi connectivity index (χ0) is 15.9. The van der Waals surface area contributed by atoms with Crippen molar-refractivity contribution in [3.63, 3.8) is 0 Å². The van der Waals surface area contributed by atoms with E-state index in [1.165, 1.54) is 0 Å². The van der Waals surface area contributed by atoms with Gasteiger partial charge in [-0.1, -0.05) is 37.3 Å². The summed E-state index contributed by atoms with van der Waals surface area (Å²) in [6.45, 7) is 3.96. The summed E-state index contributed by atoms with van der Waals surface area (Å²) in [7, 11) is 0. The number of anilines is 1. The highest BCUT2D eigenvalue weighted by atomic mass is 16.2. The number of carbonyl (C=O) groups excluding carboxylic acids is 2. The van der Waals surface area contributed by atoms with Crippen LogP contribution in [0.4, 0.5) is 5.69 Å². The number of amides is 2. The Labute approximate surface area is 130 Å². The number of para-hydroxylation sites is 1. The van der Waals surface area contributed by atoms with E-state index in [0.717, 1.165) is 6.42 Å². The molecule has 4 heteroatoms. The van der Waals surface area contributed by atoms with E-state index < -0.39 is 0 Å². The second-order valence-corrected chi connectivity index (χ2v) is 5.15. The summed E-state index contributed by atoms with van der Waals surface area (Å²) in [5, 5.41) is 5.71. The Hall–Kier alpha value is -2.62. The van der Waals surface area contributed by atoms with Gasteiger partial charge in [0, 0.05) is 11.6 Å². The molecule has 0 fully saturated rings. The first-order valence-corrected chi connectivity index (χ1v) is 7.38. The van der Waals surface area contributed by atoms with Crippen molar-refractivity contribution in [3.8, 4) is 0 Å². The lowest BCUT2D eigenvalue weighted by molar-refractivity contribution is 0.0940. The fraction of sp³-hybridized carbons (Fsp3) is 0.222. The quantitative estimate of drug-likeness (QED) is 0.887. The molecule has 2 aromatic carbocycles. The fourth-order valence-electron chi connectivity index (χ4n) is 1.98. The Balaban J connectivity index is 2.18. The molecular formula is C18H20N2O2. The van der Waals surface area contributed by atoms with E-state index in [-0.39, 0.29) is 17.9 Å². The molecule has 0 aliphatic carbocycles. The first-order chi connectivity index (χ1) is 10.6. The van der Waals surface area contributed by atoms with Gasteiger partial charge >= 0.3 is 0 Å². The van der Waals surface area contributed by atoms with E-state index >= 15 is 0 Å². The molecule has 0 radical (unpaired) electrons. The average molecular weight is 296 g/mol. The Bertz CT molecular complexity index is 653. The van der Waals surface area contributed by atoms with Crippen LogP contribution in [-0.2, 0) is 0 Å². The van der Waals surface area contributed by atoms with Crippen LogP contribution in [0, 0.1) is 0 Å². The summed E-state index contributed by atoms with van der Waals surface area (Å²) in [5.74, 6) is -0.414. The zero-order valence-corrected chi connectivity index (χ0v) is 12.8. The molecule has 0 aliphatic rings. The van der Waals surface area contributed by atoms with E-state index in [1.807, 2.05) is 19.9 Å². The van der Waals surface area contributed by atoms with Crippen LogP contribution in [0.2, 0.25) is 0 Å². The molecule has 0 unspecified atom stereocenters.